The molecule has 0 spiro atoms. The van der Waals surface area contributed by atoms with Crippen LogP contribution in [0.2, 0.25) is 0 Å². The molecule has 0 bridgehead atoms. The fourth-order valence-corrected chi connectivity index (χ4v) is 0.550. The Balaban J connectivity index is 3.86. The molecule has 4 heteroatoms. The summed E-state index contributed by atoms with van der Waals surface area (Å²) in [6.45, 7) is 0. The van der Waals surface area contributed by atoms with E-state index in [2.05, 4.69) is 10.4 Å². The van der Waals surface area contributed by atoms with Gasteiger partial charge in [-0.05, 0) is 0 Å². The zero-order valence-corrected chi connectivity index (χ0v) is 7.34. The fourth-order valence-electron chi connectivity index (χ4n) is 0.550. The number of hydrogen-bond acceptors (Lipinski definition) is 2. The Bertz CT molecular complexity index is 117. The Morgan fingerprint density at radius 2 is 1.70 bits per heavy atom. The summed E-state index contributed by atoms with van der Waals surface area (Å²) in [5.41, 5.74) is 3.04. The molecular weight excluding hydrogens is 128 g/mol. The van der Waals surface area contributed by atoms with Gasteiger partial charge in [-0.1, -0.05) is 0 Å². The molecule has 60 valence electrons. The quantitative estimate of drug-likeness (QED) is 0.308. The Kier molecular flexibility index (Phi) is 3.79. The molecule has 0 atom stereocenters. The molecule has 0 aromatic carbocycles. The molecule has 0 aliphatic rings. The van der Waals surface area contributed by atoms with Crippen molar-refractivity contribution in [2.45, 2.75) is 0 Å². The number of aliphatic imine (C=N–C) groups is 1. The van der Waals surface area contributed by atoms with Gasteiger partial charge in [-0.15, -0.1) is 0 Å². The zero-order valence-electron chi connectivity index (χ0n) is 7.34. The van der Waals surface area contributed by atoms with E-state index in [-0.39, 0.29) is 0 Å². The Labute approximate surface area is 62.5 Å². The maximum atomic E-state index is 4.02. The van der Waals surface area contributed by atoms with E-state index >= 15 is 0 Å². The molecule has 4 nitrogen and oxygen atoms in total. The molecule has 0 saturated heterocycles. The topological polar surface area (TPSA) is 30.9 Å². The normalized spacial score (nSPS) is 12.0. The number of rotatable bonds is 1. The highest BCUT2D eigenvalue weighted by Crippen LogP contribution is 1.77. The standard InChI is InChI=1S/C6H16N4/c1-7-6(9(2)3)8-10(4)5/h1-5H3,(H,7,8). The van der Waals surface area contributed by atoms with Gasteiger partial charge in [0.25, 0.3) is 0 Å². The number of guanidine groups is 1. The maximum absolute atomic E-state index is 4.02. The van der Waals surface area contributed by atoms with Crippen LogP contribution in [0.5, 0.6) is 0 Å². The Hall–Kier alpha value is -0.770. The van der Waals surface area contributed by atoms with Crippen LogP contribution >= 0.6 is 0 Å². The van der Waals surface area contributed by atoms with Crippen LogP contribution in [0, 0.1) is 0 Å². The zero-order chi connectivity index (χ0) is 8.15. The van der Waals surface area contributed by atoms with Crippen LogP contribution in [0.25, 0.3) is 0 Å². The maximum Gasteiger partial charge on any atom is 0.207 e. The third-order valence-corrected chi connectivity index (χ3v) is 0.959. The highest BCUT2D eigenvalue weighted by atomic mass is 15.5. The second-order valence-corrected chi connectivity index (χ2v) is 2.45. The van der Waals surface area contributed by atoms with E-state index in [1.54, 1.807) is 7.05 Å². The molecule has 0 aromatic heterocycles. The molecule has 0 rings (SSSR count). The first kappa shape index (κ1) is 9.23. The predicted octanol–water partition coefficient (Wildman–Crippen LogP) is -0.400. The van der Waals surface area contributed by atoms with Gasteiger partial charge in [0, 0.05) is 35.2 Å². The highest BCUT2D eigenvalue weighted by Gasteiger charge is 1.98. The van der Waals surface area contributed by atoms with Gasteiger partial charge in [0.05, 0.1) is 0 Å². The van der Waals surface area contributed by atoms with Crippen LogP contribution in [-0.4, -0.2) is 51.1 Å². The molecule has 0 saturated carbocycles. The van der Waals surface area contributed by atoms with Crippen LogP contribution in [0.3, 0.4) is 0 Å². The molecule has 0 heterocycles. The van der Waals surface area contributed by atoms with E-state index in [1.165, 1.54) is 0 Å². The monoisotopic (exact) mass is 144 g/mol. The predicted molar refractivity (Wildman–Crippen MR) is 43.9 cm³/mol. The summed E-state index contributed by atoms with van der Waals surface area (Å²) in [6.07, 6.45) is 0. The van der Waals surface area contributed by atoms with Crippen molar-refractivity contribution < 1.29 is 0 Å². The van der Waals surface area contributed by atoms with E-state index in [0.717, 1.165) is 5.96 Å². The number of nitrogens with one attached hydrogen (secondary N) is 1. The lowest BCUT2D eigenvalue weighted by molar-refractivity contribution is 0.339. The molecule has 0 radical (unpaired) electrons. The van der Waals surface area contributed by atoms with Crippen LogP contribution in [-0.2, 0) is 0 Å². The lowest BCUT2D eigenvalue weighted by Crippen LogP contribution is -2.43. The average Bonchev–Trinajstić information content (AvgIpc) is 1.81. The minimum Gasteiger partial charge on any atom is -0.348 e. The van der Waals surface area contributed by atoms with Crippen molar-refractivity contribution >= 4 is 5.96 Å². The smallest absolute Gasteiger partial charge is 0.207 e. The van der Waals surface area contributed by atoms with Gasteiger partial charge in [0.2, 0.25) is 5.96 Å². The highest BCUT2D eigenvalue weighted by molar-refractivity contribution is 5.78. The SMILES string of the molecule is CN=C(NN(C)C)N(C)C. The molecular formula is C6H16N4. The molecule has 0 amide bonds. The fraction of sp³-hybridized carbons (Fsp3) is 0.833. The molecule has 1 N–H and O–H groups in total. The molecule has 0 aliphatic carbocycles. The Morgan fingerprint density at radius 3 is 1.80 bits per heavy atom. The first-order valence-corrected chi connectivity index (χ1v) is 3.16. The van der Waals surface area contributed by atoms with E-state index < -0.39 is 0 Å². The van der Waals surface area contributed by atoms with Crippen LogP contribution in [0.1, 0.15) is 0 Å². The number of hydrazine groups is 1. The molecule has 0 aliphatic heterocycles. The van der Waals surface area contributed by atoms with Crippen LogP contribution < -0.4 is 5.43 Å². The van der Waals surface area contributed by atoms with Crippen molar-refractivity contribution in [1.29, 1.82) is 0 Å². The van der Waals surface area contributed by atoms with Crippen molar-refractivity contribution in [3.05, 3.63) is 0 Å². The molecule has 0 aromatic rings. The van der Waals surface area contributed by atoms with Gasteiger partial charge < -0.3 is 4.90 Å². The van der Waals surface area contributed by atoms with Crippen molar-refractivity contribution in [2.75, 3.05) is 35.2 Å². The summed E-state index contributed by atoms with van der Waals surface area (Å²) in [5, 5.41) is 1.85. The third kappa shape index (κ3) is 3.29. The lowest BCUT2D eigenvalue weighted by atomic mass is 10.8. The van der Waals surface area contributed by atoms with Gasteiger partial charge in [-0.2, -0.15) is 0 Å². The van der Waals surface area contributed by atoms with Gasteiger partial charge in [-0.3, -0.25) is 10.4 Å². The third-order valence-electron chi connectivity index (χ3n) is 0.959. The lowest BCUT2D eigenvalue weighted by Gasteiger charge is -2.20. The first-order chi connectivity index (χ1) is 4.57. The minimum atomic E-state index is 0.852. The average molecular weight is 144 g/mol. The van der Waals surface area contributed by atoms with Gasteiger partial charge in [0.15, 0.2) is 0 Å². The van der Waals surface area contributed by atoms with E-state index in [0.29, 0.717) is 0 Å². The molecule has 0 unspecified atom stereocenters. The van der Waals surface area contributed by atoms with Gasteiger partial charge in [-0.25, -0.2) is 5.01 Å². The number of hydrogen-bond donors (Lipinski definition) is 1. The van der Waals surface area contributed by atoms with Gasteiger partial charge >= 0.3 is 0 Å². The van der Waals surface area contributed by atoms with Crippen molar-refractivity contribution in [3.8, 4) is 0 Å². The van der Waals surface area contributed by atoms with Crippen LogP contribution in [0.4, 0.5) is 0 Å². The summed E-state index contributed by atoms with van der Waals surface area (Å²) in [7, 11) is 9.49. The van der Waals surface area contributed by atoms with Crippen molar-refractivity contribution in [2.24, 2.45) is 4.99 Å². The summed E-state index contributed by atoms with van der Waals surface area (Å²) in [6, 6.07) is 0. The molecule has 10 heavy (non-hydrogen) atoms. The minimum absolute atomic E-state index is 0.852. The first-order valence-electron chi connectivity index (χ1n) is 3.16. The molecule has 0 fully saturated rings. The summed E-state index contributed by atoms with van der Waals surface area (Å²) >= 11 is 0. The van der Waals surface area contributed by atoms with Gasteiger partial charge in [0.1, 0.15) is 0 Å². The van der Waals surface area contributed by atoms with Crippen molar-refractivity contribution in [1.82, 2.24) is 15.3 Å². The summed E-state index contributed by atoms with van der Waals surface area (Å²) < 4.78 is 0. The van der Waals surface area contributed by atoms with E-state index in [4.69, 9.17) is 0 Å². The summed E-state index contributed by atoms with van der Waals surface area (Å²) in [5.74, 6) is 0.852. The van der Waals surface area contributed by atoms with Crippen LogP contribution in [0.15, 0.2) is 4.99 Å². The number of nitrogens with zero attached hydrogens (tertiary/aromatic N) is 3. The largest absolute Gasteiger partial charge is 0.348 e. The second kappa shape index (κ2) is 4.11. The summed E-state index contributed by atoms with van der Waals surface area (Å²) in [4.78, 5) is 5.93. The van der Waals surface area contributed by atoms with Crippen molar-refractivity contribution in [3.63, 3.8) is 0 Å². The second-order valence-electron chi connectivity index (χ2n) is 2.45. The Morgan fingerprint density at radius 1 is 1.20 bits per heavy atom. The van der Waals surface area contributed by atoms with E-state index in [1.807, 2.05) is 38.1 Å². The van der Waals surface area contributed by atoms with E-state index in [9.17, 15) is 0 Å².